The Morgan fingerprint density at radius 2 is 1.74 bits per heavy atom. The van der Waals surface area contributed by atoms with Gasteiger partial charge in [0, 0.05) is 54.0 Å². The van der Waals surface area contributed by atoms with Gasteiger partial charge in [0.1, 0.15) is 31.0 Å². The van der Waals surface area contributed by atoms with Gasteiger partial charge in [-0.15, -0.1) is 0 Å². The first-order valence-corrected chi connectivity index (χ1v) is 25.1. The van der Waals surface area contributed by atoms with Gasteiger partial charge in [0.2, 0.25) is 23.3 Å². The summed E-state index contributed by atoms with van der Waals surface area (Å²) in [6.45, 7) is 6.88. The highest BCUT2D eigenvalue weighted by molar-refractivity contribution is 7.98. The summed E-state index contributed by atoms with van der Waals surface area (Å²) in [6, 6.07) is 10.1. The van der Waals surface area contributed by atoms with Crippen LogP contribution in [0.2, 0.25) is 0 Å². The van der Waals surface area contributed by atoms with E-state index >= 15 is 0 Å². The van der Waals surface area contributed by atoms with E-state index in [9.17, 15) is 38.7 Å². The molecule has 5 heterocycles. The number of unbranched alkanes of at least 4 members (excludes halogenated alkanes) is 1. The number of pyridine rings is 2. The maximum atomic E-state index is 14.1. The number of thioether (sulfide) groups is 1. The molecule has 0 saturated carbocycles. The standard InChI is InChI=1S/C52H57N9O11S/c1-6-34-35-22-33(62)19-20-39(35)58-44-36(34)26-61-41(44)23-38-37(47(61)66)28-70-48(67)52(38,7-2)72-51(69)71-27-30-15-17-32(18-16-30)57-45(64)40(13-11-21-54-49(53)68)59-46(65)43(29(3)4)60-42(63)14-10-8-9-12-31-24-55-50(73-5)56-25-31/h15-20,22-25,29,40,43,62H,6-8,10-11,13-14,21,26-28H2,1-5H3,(H,57,64)(H,59,65)(H,60,63)(H3,53,54,68)/t40-,43-,52-/m0/s1. The van der Waals surface area contributed by atoms with Crippen molar-refractivity contribution in [3.8, 4) is 29.0 Å². The lowest BCUT2D eigenvalue weighted by molar-refractivity contribution is -0.175. The first-order chi connectivity index (χ1) is 35.0. The van der Waals surface area contributed by atoms with Crippen LogP contribution < -0.4 is 32.6 Å². The largest absolute Gasteiger partial charge is 0.510 e. The van der Waals surface area contributed by atoms with Crippen molar-refractivity contribution in [1.82, 2.24) is 35.5 Å². The number of aromatic nitrogens is 4. The van der Waals surface area contributed by atoms with E-state index in [0.717, 1.165) is 16.5 Å². The number of hydrogen-bond acceptors (Lipinski definition) is 15. The Morgan fingerprint density at radius 3 is 2.42 bits per heavy atom. The lowest BCUT2D eigenvalue weighted by atomic mass is 9.85. The van der Waals surface area contributed by atoms with E-state index in [1.807, 2.05) is 13.2 Å². The minimum atomic E-state index is -2.01. The smallest absolute Gasteiger partial charge is 0.508 e. The van der Waals surface area contributed by atoms with Crippen molar-refractivity contribution < 1.29 is 48.1 Å². The summed E-state index contributed by atoms with van der Waals surface area (Å²) in [7, 11) is 0. The average Bonchev–Trinajstić information content (AvgIpc) is 3.74. The van der Waals surface area contributed by atoms with Gasteiger partial charge in [0.15, 0.2) is 5.16 Å². The number of nitrogens with zero attached hydrogens (tertiary/aromatic N) is 4. The van der Waals surface area contributed by atoms with E-state index in [1.165, 1.54) is 17.8 Å². The van der Waals surface area contributed by atoms with Crippen LogP contribution in [-0.2, 0) is 65.2 Å². The van der Waals surface area contributed by atoms with Crippen LogP contribution in [0.4, 0.5) is 15.3 Å². The zero-order chi connectivity index (χ0) is 52.4. The Kier molecular flexibility index (Phi) is 17.0. The normalized spacial score (nSPS) is 15.1. The van der Waals surface area contributed by atoms with Crippen molar-refractivity contribution in [2.75, 3.05) is 18.1 Å². The number of carbonyl (C=O) groups is 6. The number of hydrogen-bond donors (Lipinski definition) is 6. The molecule has 73 heavy (non-hydrogen) atoms. The van der Waals surface area contributed by atoms with Gasteiger partial charge in [-0.1, -0.05) is 63.4 Å². The number of phenolic OH excluding ortho intramolecular Hbond substituents is 1. The van der Waals surface area contributed by atoms with Crippen LogP contribution in [-0.4, -0.2) is 85.4 Å². The molecule has 2 aliphatic heterocycles. The number of nitrogens with one attached hydrogen (secondary N) is 4. The maximum absolute atomic E-state index is 14.1. The fourth-order valence-corrected chi connectivity index (χ4v) is 9.07. The molecule has 7 N–H and O–H groups in total. The van der Waals surface area contributed by atoms with E-state index in [2.05, 4.69) is 43.1 Å². The molecular formula is C52H57N9O11S. The zero-order valence-corrected chi connectivity index (χ0v) is 41.9. The number of urea groups is 1. The van der Waals surface area contributed by atoms with Crippen LogP contribution in [0.3, 0.4) is 0 Å². The highest BCUT2D eigenvalue weighted by Crippen LogP contribution is 2.42. The van der Waals surface area contributed by atoms with Gasteiger partial charge in [0.25, 0.3) is 5.56 Å². The van der Waals surface area contributed by atoms with Crippen LogP contribution >= 0.6 is 11.8 Å². The van der Waals surface area contributed by atoms with Crippen LogP contribution in [0.15, 0.2) is 70.9 Å². The second-order valence-electron chi connectivity index (χ2n) is 17.8. The molecule has 0 unspecified atom stereocenters. The van der Waals surface area contributed by atoms with Crippen molar-refractivity contribution in [2.24, 2.45) is 11.7 Å². The van der Waals surface area contributed by atoms with Gasteiger partial charge < -0.3 is 50.9 Å². The predicted octanol–water partition coefficient (Wildman–Crippen LogP) is 5.46. The van der Waals surface area contributed by atoms with E-state index < -0.39 is 53.2 Å². The Hall–Kier alpha value is -7.99. The highest BCUT2D eigenvalue weighted by Gasteiger charge is 2.51. The molecule has 0 bridgehead atoms. The zero-order valence-electron chi connectivity index (χ0n) is 41.1. The van der Waals surface area contributed by atoms with Crippen molar-refractivity contribution in [2.45, 2.75) is 115 Å². The summed E-state index contributed by atoms with van der Waals surface area (Å²) < 4.78 is 18.3. The monoisotopic (exact) mass is 1020 g/mol. The number of cyclic esters (lactones) is 1. The number of ether oxygens (including phenoxy) is 3. The third-order valence-corrected chi connectivity index (χ3v) is 13.1. The van der Waals surface area contributed by atoms with Crippen molar-refractivity contribution >= 4 is 64.2 Å². The summed E-state index contributed by atoms with van der Waals surface area (Å²) in [6.07, 6.45) is 5.84. The Balaban J connectivity index is 0.974. The quantitative estimate of drug-likeness (QED) is 0.0193. The number of phenols is 1. The number of nitrogens with two attached hydrogens (primary N) is 1. The summed E-state index contributed by atoms with van der Waals surface area (Å²) in [5.41, 5.74) is 7.98. The third kappa shape index (κ3) is 12.2. The fourth-order valence-electron chi connectivity index (χ4n) is 8.76. The van der Waals surface area contributed by atoms with E-state index in [-0.39, 0.29) is 80.7 Å². The summed E-state index contributed by atoms with van der Waals surface area (Å²) in [4.78, 5) is 106. The van der Waals surface area contributed by atoms with E-state index in [4.69, 9.17) is 24.9 Å². The Bertz CT molecular complexity index is 3060. The number of anilines is 1. The molecule has 21 heteroatoms. The number of aromatic hydroxyl groups is 1. The molecule has 5 aromatic rings. The number of amides is 5. The number of carbonyl (C=O) groups excluding carboxylic acids is 6. The van der Waals surface area contributed by atoms with Gasteiger partial charge in [0.05, 0.1) is 34.6 Å². The number of esters is 1. The molecule has 0 radical (unpaired) electrons. The fraction of sp³-hybridized carbons (Fsp3) is 0.385. The van der Waals surface area contributed by atoms with Crippen LogP contribution in [0.5, 0.6) is 5.75 Å². The molecule has 2 aliphatic rings. The van der Waals surface area contributed by atoms with Crippen molar-refractivity contribution in [1.29, 1.82) is 0 Å². The number of rotatable bonds is 19. The van der Waals surface area contributed by atoms with Gasteiger partial charge in [-0.3, -0.25) is 19.2 Å². The minimum absolute atomic E-state index is 0.0824. The van der Waals surface area contributed by atoms with Gasteiger partial charge >= 0.3 is 18.2 Å². The van der Waals surface area contributed by atoms with Crippen LogP contribution in [0, 0.1) is 17.8 Å². The van der Waals surface area contributed by atoms with Crippen LogP contribution in [0.1, 0.15) is 99.6 Å². The highest BCUT2D eigenvalue weighted by atomic mass is 32.2. The third-order valence-electron chi connectivity index (χ3n) is 12.6. The summed E-state index contributed by atoms with van der Waals surface area (Å²) in [5, 5.41) is 22.4. The average molecular weight is 1020 g/mol. The van der Waals surface area contributed by atoms with Gasteiger partial charge in [-0.05, 0) is 91.8 Å². The van der Waals surface area contributed by atoms with E-state index in [0.29, 0.717) is 58.1 Å². The molecule has 0 fully saturated rings. The lowest BCUT2D eigenvalue weighted by Gasteiger charge is -2.35. The van der Waals surface area contributed by atoms with Crippen molar-refractivity contribution in [3.05, 3.63) is 105 Å². The molecular weight excluding hydrogens is 959 g/mol. The predicted molar refractivity (Wildman–Crippen MR) is 270 cm³/mol. The maximum Gasteiger partial charge on any atom is 0.510 e. The first-order valence-electron chi connectivity index (χ1n) is 23.9. The lowest BCUT2D eigenvalue weighted by Crippen LogP contribution is -2.54. The second-order valence-corrected chi connectivity index (χ2v) is 18.5. The molecule has 3 aromatic heterocycles. The van der Waals surface area contributed by atoms with Crippen molar-refractivity contribution in [3.63, 3.8) is 0 Å². The molecule has 382 valence electrons. The van der Waals surface area contributed by atoms with E-state index in [1.54, 1.807) is 80.2 Å². The molecule has 0 saturated heterocycles. The number of aryl methyl sites for hydroxylation is 1. The molecule has 0 aliphatic carbocycles. The SMILES string of the molecule is CCc1c2c(nc3ccc(O)cc13)-c1cc3c(c(=O)n1C2)COC(=O)[C@@]3(CC)OC(=O)OCc1ccc(NC(=O)[C@H](CCCNC(N)=O)NC(=O)[C@@H](NC(=O)CCCC#Cc2cnc(SC)nc2)C(C)C)cc1. The van der Waals surface area contributed by atoms with Gasteiger partial charge in [-0.2, -0.15) is 0 Å². The Labute approximate surface area is 425 Å². The Morgan fingerprint density at radius 1 is 0.986 bits per heavy atom. The number of benzene rings is 2. The molecule has 3 atom stereocenters. The summed E-state index contributed by atoms with van der Waals surface area (Å²) in [5.74, 6) is 3.37. The van der Waals surface area contributed by atoms with Gasteiger partial charge in [-0.25, -0.2) is 29.3 Å². The molecule has 5 amide bonds. The second kappa shape index (κ2) is 23.5. The number of fused-ring (bicyclic) bond motifs is 5. The molecule has 0 spiro atoms. The molecule has 7 rings (SSSR count). The minimum Gasteiger partial charge on any atom is -0.508 e. The number of primary amides is 1. The summed E-state index contributed by atoms with van der Waals surface area (Å²) >= 11 is 1.42. The molecule has 2 aromatic carbocycles. The first kappa shape index (κ1) is 52.8. The topological polar surface area (TPSA) is 285 Å². The molecule has 20 nitrogen and oxygen atoms in total. The van der Waals surface area contributed by atoms with Crippen LogP contribution in [0.25, 0.3) is 22.3 Å².